The molecule has 3 rings (SSSR count). The van der Waals surface area contributed by atoms with Gasteiger partial charge in [-0.2, -0.15) is 5.10 Å². The number of rotatable bonds is 2. The van der Waals surface area contributed by atoms with Gasteiger partial charge in [0, 0.05) is 23.7 Å². The summed E-state index contributed by atoms with van der Waals surface area (Å²) in [6, 6.07) is 6.91. The Labute approximate surface area is 94.6 Å². The number of benzene rings is 1. The average molecular weight is 216 g/mol. The van der Waals surface area contributed by atoms with Gasteiger partial charge in [-0.05, 0) is 38.2 Å². The van der Waals surface area contributed by atoms with Gasteiger partial charge in [-0.25, -0.2) is 0 Å². The number of anilines is 1. The summed E-state index contributed by atoms with van der Waals surface area (Å²) < 4.78 is 0. The maximum atomic E-state index is 4.03. The van der Waals surface area contributed by atoms with E-state index < -0.39 is 0 Å². The number of hydrogen-bond acceptors (Lipinski definition) is 3. The molecule has 0 bridgehead atoms. The second-order valence-corrected chi connectivity index (χ2v) is 4.56. The Balaban J connectivity index is 1.78. The van der Waals surface area contributed by atoms with Crippen LogP contribution in [-0.2, 0) is 0 Å². The molecule has 1 saturated heterocycles. The molecule has 0 aliphatic carbocycles. The van der Waals surface area contributed by atoms with Crippen molar-refractivity contribution in [2.75, 3.05) is 25.5 Å². The van der Waals surface area contributed by atoms with Gasteiger partial charge in [-0.3, -0.25) is 5.10 Å². The number of likely N-dealkylation sites (N-methyl/N-ethyl adjacent to an activating group) is 1. The number of nitrogens with one attached hydrogen (secondary N) is 2. The van der Waals surface area contributed by atoms with Crippen LogP contribution < -0.4 is 5.32 Å². The fourth-order valence-corrected chi connectivity index (χ4v) is 2.32. The second kappa shape index (κ2) is 3.79. The summed E-state index contributed by atoms with van der Waals surface area (Å²) in [5.74, 6) is 0. The predicted molar refractivity (Wildman–Crippen MR) is 65.6 cm³/mol. The maximum Gasteiger partial charge on any atom is 0.0651 e. The van der Waals surface area contributed by atoms with Crippen LogP contribution in [0.5, 0.6) is 0 Å². The summed E-state index contributed by atoms with van der Waals surface area (Å²) in [5, 5.41) is 11.7. The first-order chi connectivity index (χ1) is 7.81. The molecule has 16 heavy (non-hydrogen) atoms. The van der Waals surface area contributed by atoms with Gasteiger partial charge >= 0.3 is 0 Å². The minimum atomic E-state index is 0.578. The molecule has 1 aromatic heterocycles. The van der Waals surface area contributed by atoms with E-state index in [1.807, 2.05) is 6.20 Å². The average Bonchev–Trinajstić information content (AvgIpc) is 2.87. The topological polar surface area (TPSA) is 44.0 Å². The van der Waals surface area contributed by atoms with Crippen molar-refractivity contribution in [2.24, 2.45) is 0 Å². The van der Waals surface area contributed by atoms with Gasteiger partial charge in [0.05, 0.1) is 11.7 Å². The number of nitrogens with zero attached hydrogens (tertiary/aromatic N) is 2. The second-order valence-electron chi connectivity index (χ2n) is 4.56. The molecule has 0 saturated carbocycles. The van der Waals surface area contributed by atoms with Crippen LogP contribution >= 0.6 is 0 Å². The third kappa shape index (κ3) is 1.76. The van der Waals surface area contributed by atoms with Gasteiger partial charge in [-0.15, -0.1) is 0 Å². The highest BCUT2D eigenvalue weighted by atomic mass is 15.2. The molecule has 2 aromatic rings. The van der Waals surface area contributed by atoms with E-state index in [2.05, 4.69) is 45.7 Å². The van der Waals surface area contributed by atoms with Crippen molar-refractivity contribution in [2.45, 2.75) is 12.5 Å². The Kier molecular flexibility index (Phi) is 2.29. The van der Waals surface area contributed by atoms with E-state index in [0.29, 0.717) is 6.04 Å². The van der Waals surface area contributed by atoms with Crippen LogP contribution in [0.2, 0.25) is 0 Å². The molecule has 0 radical (unpaired) electrons. The molecule has 4 heteroatoms. The highest BCUT2D eigenvalue weighted by Gasteiger charge is 2.18. The molecular formula is C12H16N4. The van der Waals surface area contributed by atoms with Crippen molar-refractivity contribution in [1.82, 2.24) is 15.1 Å². The van der Waals surface area contributed by atoms with E-state index >= 15 is 0 Å². The lowest BCUT2D eigenvalue weighted by Crippen LogP contribution is -2.23. The third-order valence-corrected chi connectivity index (χ3v) is 3.20. The molecule has 1 atom stereocenters. The molecule has 1 aliphatic heterocycles. The maximum absolute atomic E-state index is 4.03. The van der Waals surface area contributed by atoms with E-state index in [0.717, 1.165) is 17.4 Å². The first kappa shape index (κ1) is 9.66. The van der Waals surface area contributed by atoms with Crippen molar-refractivity contribution in [1.29, 1.82) is 0 Å². The minimum absolute atomic E-state index is 0.578. The van der Waals surface area contributed by atoms with E-state index in [1.165, 1.54) is 18.7 Å². The normalized spacial score (nSPS) is 21.7. The molecule has 4 nitrogen and oxygen atoms in total. The van der Waals surface area contributed by atoms with E-state index in [4.69, 9.17) is 0 Å². The van der Waals surface area contributed by atoms with Gasteiger partial charge < -0.3 is 10.2 Å². The largest absolute Gasteiger partial charge is 0.381 e. The summed E-state index contributed by atoms with van der Waals surface area (Å²) in [6.45, 7) is 2.31. The lowest BCUT2D eigenvalue weighted by atomic mass is 10.2. The molecule has 1 aromatic carbocycles. The van der Waals surface area contributed by atoms with E-state index in [1.54, 1.807) is 0 Å². The monoisotopic (exact) mass is 216 g/mol. The van der Waals surface area contributed by atoms with Gasteiger partial charge in [-0.1, -0.05) is 0 Å². The summed E-state index contributed by atoms with van der Waals surface area (Å²) in [5.41, 5.74) is 2.28. The molecule has 1 unspecified atom stereocenters. The number of aromatic nitrogens is 2. The fraction of sp³-hybridized carbons (Fsp3) is 0.417. The van der Waals surface area contributed by atoms with Crippen molar-refractivity contribution >= 4 is 16.6 Å². The molecule has 0 amide bonds. The van der Waals surface area contributed by atoms with Gasteiger partial charge in [0.2, 0.25) is 0 Å². The molecular weight excluding hydrogens is 200 g/mol. The predicted octanol–water partition coefficient (Wildman–Crippen LogP) is 1.68. The molecule has 1 fully saturated rings. The van der Waals surface area contributed by atoms with Gasteiger partial charge in [0.1, 0.15) is 0 Å². The Morgan fingerprint density at radius 3 is 3.25 bits per heavy atom. The Morgan fingerprint density at radius 2 is 2.44 bits per heavy atom. The van der Waals surface area contributed by atoms with Crippen LogP contribution in [0.4, 0.5) is 5.69 Å². The smallest absolute Gasteiger partial charge is 0.0651 e. The Hall–Kier alpha value is -1.55. The lowest BCUT2D eigenvalue weighted by molar-refractivity contribution is 0.414. The summed E-state index contributed by atoms with van der Waals surface area (Å²) >= 11 is 0. The van der Waals surface area contributed by atoms with Crippen molar-refractivity contribution in [3.05, 3.63) is 24.4 Å². The number of hydrogen-bond donors (Lipinski definition) is 2. The number of aromatic amines is 1. The quantitative estimate of drug-likeness (QED) is 0.802. The minimum Gasteiger partial charge on any atom is -0.381 e. The standard InChI is InChI=1S/C12H16N4/c1-16-5-4-11(8-16)14-10-2-3-12-9(6-10)7-13-15-12/h2-3,6-7,11,14H,4-5,8H2,1H3,(H,13,15). The van der Waals surface area contributed by atoms with E-state index in [9.17, 15) is 0 Å². The van der Waals surface area contributed by atoms with Crippen LogP contribution in [0, 0.1) is 0 Å². The number of H-pyrrole nitrogens is 1. The summed E-state index contributed by atoms with van der Waals surface area (Å²) in [7, 11) is 2.17. The highest BCUT2D eigenvalue weighted by molar-refractivity contribution is 5.81. The fourth-order valence-electron chi connectivity index (χ4n) is 2.32. The first-order valence-electron chi connectivity index (χ1n) is 5.69. The molecule has 0 spiro atoms. The zero-order valence-electron chi connectivity index (χ0n) is 9.40. The van der Waals surface area contributed by atoms with Crippen LogP contribution in [0.15, 0.2) is 24.4 Å². The zero-order valence-corrected chi connectivity index (χ0v) is 9.40. The first-order valence-corrected chi connectivity index (χ1v) is 5.69. The van der Waals surface area contributed by atoms with Crippen LogP contribution in [0.1, 0.15) is 6.42 Å². The van der Waals surface area contributed by atoms with Crippen LogP contribution in [0.3, 0.4) is 0 Å². The van der Waals surface area contributed by atoms with Crippen LogP contribution in [0.25, 0.3) is 10.9 Å². The molecule has 2 N–H and O–H groups in total. The number of likely N-dealkylation sites (tertiary alicyclic amines) is 1. The molecule has 1 aliphatic rings. The third-order valence-electron chi connectivity index (χ3n) is 3.20. The van der Waals surface area contributed by atoms with Crippen LogP contribution in [-0.4, -0.2) is 41.3 Å². The number of fused-ring (bicyclic) bond motifs is 1. The summed E-state index contributed by atoms with van der Waals surface area (Å²) in [4.78, 5) is 2.36. The SMILES string of the molecule is CN1CCC(Nc2ccc3[nH]ncc3c2)C1. The van der Waals surface area contributed by atoms with Crippen molar-refractivity contribution in [3.63, 3.8) is 0 Å². The lowest BCUT2D eigenvalue weighted by Gasteiger charge is -2.14. The summed E-state index contributed by atoms with van der Waals surface area (Å²) in [6.07, 6.45) is 3.08. The van der Waals surface area contributed by atoms with Gasteiger partial charge in [0.15, 0.2) is 0 Å². The van der Waals surface area contributed by atoms with E-state index in [-0.39, 0.29) is 0 Å². The Morgan fingerprint density at radius 1 is 1.50 bits per heavy atom. The zero-order chi connectivity index (χ0) is 11.0. The van der Waals surface area contributed by atoms with Gasteiger partial charge in [0.25, 0.3) is 0 Å². The highest BCUT2D eigenvalue weighted by Crippen LogP contribution is 2.19. The van der Waals surface area contributed by atoms with Crippen molar-refractivity contribution < 1.29 is 0 Å². The molecule has 84 valence electrons. The molecule has 2 heterocycles. The Bertz CT molecular complexity index is 490. The van der Waals surface area contributed by atoms with Crippen molar-refractivity contribution in [3.8, 4) is 0 Å².